The van der Waals surface area contributed by atoms with E-state index in [4.69, 9.17) is 4.74 Å². The molecular formula is C10H17N3O6S. The Hall–Kier alpha value is -1.52. The number of aryl methyl sites for hydroxylation is 1. The fraction of sp³-hybridized carbons (Fsp3) is 0.700. The van der Waals surface area contributed by atoms with Gasteiger partial charge in [0.2, 0.25) is 0 Å². The van der Waals surface area contributed by atoms with Crippen molar-refractivity contribution in [3.05, 3.63) is 26.8 Å². The van der Waals surface area contributed by atoms with E-state index in [2.05, 4.69) is 9.17 Å². The van der Waals surface area contributed by atoms with Crippen LogP contribution in [-0.4, -0.2) is 48.6 Å². The van der Waals surface area contributed by atoms with E-state index in [1.54, 1.807) is 0 Å². The van der Waals surface area contributed by atoms with Gasteiger partial charge in [0.25, 0.3) is 10.1 Å². The second-order valence-electron chi connectivity index (χ2n) is 4.24. The van der Waals surface area contributed by atoms with Crippen LogP contribution in [0.1, 0.15) is 5.82 Å². The van der Waals surface area contributed by atoms with E-state index in [-0.39, 0.29) is 19.0 Å². The van der Waals surface area contributed by atoms with Crippen molar-refractivity contribution in [2.75, 3.05) is 20.0 Å². The molecule has 0 spiro atoms. The molecule has 1 unspecified atom stereocenters. The molecule has 114 valence electrons. The first-order chi connectivity index (χ1) is 9.15. The first kappa shape index (κ1) is 16.5. The van der Waals surface area contributed by atoms with E-state index in [1.165, 1.54) is 25.6 Å². The van der Waals surface area contributed by atoms with Crippen LogP contribution in [-0.2, 0) is 32.6 Å². The van der Waals surface area contributed by atoms with Crippen molar-refractivity contribution in [3.63, 3.8) is 0 Å². The highest BCUT2D eigenvalue weighted by Gasteiger charge is 2.16. The Balaban J connectivity index is 3.00. The van der Waals surface area contributed by atoms with Crippen LogP contribution in [0.15, 0.2) is 9.59 Å². The second kappa shape index (κ2) is 6.29. The zero-order valence-corrected chi connectivity index (χ0v) is 12.5. The number of hydrogen-bond acceptors (Lipinski definition) is 7. The predicted octanol–water partition coefficient (Wildman–Crippen LogP) is -1.76. The topological polar surface area (TPSA) is 109 Å². The zero-order valence-electron chi connectivity index (χ0n) is 11.7. The Morgan fingerprint density at radius 1 is 1.35 bits per heavy atom. The van der Waals surface area contributed by atoms with Gasteiger partial charge < -0.3 is 4.74 Å². The van der Waals surface area contributed by atoms with Gasteiger partial charge in [-0.25, -0.2) is 14.2 Å². The van der Waals surface area contributed by atoms with Gasteiger partial charge >= 0.3 is 11.4 Å². The van der Waals surface area contributed by atoms with Gasteiger partial charge in [0.05, 0.1) is 19.4 Å². The normalized spacial score (nSPS) is 13.4. The lowest BCUT2D eigenvalue weighted by Crippen LogP contribution is -2.45. The van der Waals surface area contributed by atoms with E-state index < -0.39 is 27.6 Å². The van der Waals surface area contributed by atoms with E-state index in [0.29, 0.717) is 0 Å². The SMILES string of the molecule is COC(COS(C)(=O)=O)Cn1c(=O)nc(C)n(C)c1=O. The van der Waals surface area contributed by atoms with Gasteiger partial charge in [-0.15, -0.1) is 0 Å². The standard InChI is InChI=1S/C10H17N3O6S/c1-7-11-9(14)13(10(15)12(7)2)5-8(18-3)6-19-20(4,16)17/h8H,5-6H2,1-4H3. The van der Waals surface area contributed by atoms with Gasteiger partial charge in [0, 0.05) is 14.2 Å². The lowest BCUT2D eigenvalue weighted by atomic mass is 10.4. The highest BCUT2D eigenvalue weighted by Crippen LogP contribution is 1.97. The van der Waals surface area contributed by atoms with Gasteiger partial charge in [-0.1, -0.05) is 0 Å². The number of methoxy groups -OCH3 is 1. The Labute approximate surface area is 115 Å². The predicted molar refractivity (Wildman–Crippen MR) is 70.1 cm³/mol. The molecule has 0 fully saturated rings. The lowest BCUT2D eigenvalue weighted by Gasteiger charge is -2.16. The van der Waals surface area contributed by atoms with Gasteiger partial charge in [-0.2, -0.15) is 13.4 Å². The van der Waals surface area contributed by atoms with E-state index in [0.717, 1.165) is 10.8 Å². The number of rotatable bonds is 6. The molecule has 0 aliphatic rings. The van der Waals surface area contributed by atoms with Crippen LogP contribution < -0.4 is 11.4 Å². The molecule has 0 saturated carbocycles. The molecule has 0 aliphatic carbocycles. The molecule has 0 radical (unpaired) electrons. The molecule has 0 N–H and O–H groups in total. The molecule has 1 atom stereocenters. The molecule has 1 aromatic heterocycles. The Kier molecular flexibility index (Phi) is 5.20. The van der Waals surface area contributed by atoms with Gasteiger partial charge in [-0.05, 0) is 6.92 Å². The smallest absolute Gasteiger partial charge is 0.353 e. The molecule has 1 heterocycles. The van der Waals surface area contributed by atoms with Gasteiger partial charge in [0.1, 0.15) is 11.9 Å². The summed E-state index contributed by atoms with van der Waals surface area (Å²) < 4.78 is 33.5. The molecular weight excluding hydrogens is 290 g/mol. The molecule has 20 heavy (non-hydrogen) atoms. The van der Waals surface area contributed by atoms with Crippen molar-refractivity contribution < 1.29 is 17.3 Å². The average molecular weight is 307 g/mol. The number of aromatic nitrogens is 3. The summed E-state index contributed by atoms with van der Waals surface area (Å²) in [5.41, 5.74) is -1.27. The first-order valence-electron chi connectivity index (χ1n) is 5.67. The third-order valence-electron chi connectivity index (χ3n) is 2.68. The summed E-state index contributed by atoms with van der Waals surface area (Å²) in [6.45, 7) is 1.09. The van der Waals surface area contributed by atoms with Crippen molar-refractivity contribution in [1.82, 2.24) is 14.1 Å². The molecule has 0 bridgehead atoms. The fourth-order valence-corrected chi connectivity index (χ4v) is 1.83. The van der Waals surface area contributed by atoms with Crippen molar-refractivity contribution >= 4 is 10.1 Å². The molecule has 0 aromatic carbocycles. The van der Waals surface area contributed by atoms with Crippen molar-refractivity contribution in [2.24, 2.45) is 7.05 Å². The van der Waals surface area contributed by atoms with Crippen LogP contribution in [0.5, 0.6) is 0 Å². The van der Waals surface area contributed by atoms with Crippen LogP contribution in [0.4, 0.5) is 0 Å². The Bertz CT molecular complexity index is 690. The number of ether oxygens (including phenoxy) is 1. The molecule has 9 nitrogen and oxygen atoms in total. The van der Waals surface area contributed by atoms with E-state index in [1.807, 2.05) is 0 Å². The fourth-order valence-electron chi connectivity index (χ4n) is 1.43. The first-order valence-corrected chi connectivity index (χ1v) is 7.49. The molecule has 1 aromatic rings. The largest absolute Gasteiger partial charge is 0.377 e. The Morgan fingerprint density at radius 3 is 2.45 bits per heavy atom. The highest BCUT2D eigenvalue weighted by atomic mass is 32.2. The lowest BCUT2D eigenvalue weighted by molar-refractivity contribution is 0.0459. The summed E-state index contributed by atoms with van der Waals surface area (Å²) in [5.74, 6) is 0.289. The van der Waals surface area contributed by atoms with Crippen LogP contribution in [0.3, 0.4) is 0 Å². The maximum Gasteiger partial charge on any atom is 0.353 e. The van der Waals surface area contributed by atoms with E-state index in [9.17, 15) is 18.0 Å². The zero-order chi connectivity index (χ0) is 15.5. The van der Waals surface area contributed by atoms with Gasteiger partial charge in [0.15, 0.2) is 0 Å². The van der Waals surface area contributed by atoms with Crippen LogP contribution in [0.2, 0.25) is 0 Å². The monoisotopic (exact) mass is 307 g/mol. The number of nitrogens with zero attached hydrogens (tertiary/aromatic N) is 3. The van der Waals surface area contributed by atoms with Crippen molar-refractivity contribution in [3.8, 4) is 0 Å². The molecule has 0 saturated heterocycles. The summed E-state index contributed by atoms with van der Waals surface area (Å²) >= 11 is 0. The minimum Gasteiger partial charge on any atom is -0.377 e. The Morgan fingerprint density at radius 2 is 1.95 bits per heavy atom. The molecule has 10 heteroatoms. The molecule has 0 amide bonds. The summed E-state index contributed by atoms with van der Waals surface area (Å²) in [5, 5.41) is 0. The maximum absolute atomic E-state index is 11.9. The maximum atomic E-state index is 11.9. The summed E-state index contributed by atoms with van der Waals surface area (Å²) in [6.07, 6.45) is 0.137. The van der Waals surface area contributed by atoms with Gasteiger partial charge in [-0.3, -0.25) is 8.75 Å². The summed E-state index contributed by atoms with van der Waals surface area (Å²) in [4.78, 5) is 27.3. The highest BCUT2D eigenvalue weighted by molar-refractivity contribution is 7.85. The van der Waals surface area contributed by atoms with Crippen LogP contribution in [0.25, 0.3) is 0 Å². The third-order valence-corrected chi connectivity index (χ3v) is 3.24. The minimum atomic E-state index is -3.62. The van der Waals surface area contributed by atoms with Crippen LogP contribution >= 0.6 is 0 Å². The molecule has 1 rings (SSSR count). The summed E-state index contributed by atoms with van der Waals surface area (Å²) in [7, 11) is -0.815. The summed E-state index contributed by atoms with van der Waals surface area (Å²) in [6, 6.07) is 0. The average Bonchev–Trinajstić information content (AvgIpc) is 2.34. The van der Waals surface area contributed by atoms with E-state index >= 15 is 0 Å². The van der Waals surface area contributed by atoms with Crippen molar-refractivity contribution in [1.29, 1.82) is 0 Å². The van der Waals surface area contributed by atoms with Crippen LogP contribution in [0, 0.1) is 6.92 Å². The minimum absolute atomic E-state index is 0.148. The quantitative estimate of drug-likeness (QED) is 0.573. The molecule has 0 aliphatic heterocycles. The number of hydrogen-bond donors (Lipinski definition) is 0. The van der Waals surface area contributed by atoms with Crippen molar-refractivity contribution in [2.45, 2.75) is 19.6 Å². The third kappa shape index (κ3) is 4.25. The second-order valence-corrected chi connectivity index (χ2v) is 5.88.